The Morgan fingerprint density at radius 3 is 1.33 bits per heavy atom. The zero-order valence-electron chi connectivity index (χ0n) is 38.6. The third kappa shape index (κ3) is 4.95. The number of benzene rings is 8. The van der Waals surface area contributed by atoms with Crippen molar-refractivity contribution in [3.05, 3.63) is 259 Å². The largest absolute Gasteiger partial charge is 0.309 e. The fourth-order valence-corrected chi connectivity index (χ4v) is 14.4. The molecule has 0 bridgehead atoms. The monoisotopic (exact) mass is 892 g/mol. The summed E-state index contributed by atoms with van der Waals surface area (Å²) in [6.07, 6.45) is 14.1. The third-order valence-corrected chi connectivity index (χ3v) is 17.2. The summed E-state index contributed by atoms with van der Waals surface area (Å²) in [5, 5.41) is 0. The summed E-state index contributed by atoms with van der Waals surface area (Å²) in [4.78, 5) is 14.6. The molecule has 0 spiro atoms. The molecule has 4 nitrogen and oxygen atoms in total. The molecule has 0 unspecified atom stereocenters. The lowest BCUT2D eigenvalue weighted by Gasteiger charge is -2.39. The van der Waals surface area contributed by atoms with Crippen LogP contribution >= 0.6 is 0 Å². The second-order valence-corrected chi connectivity index (χ2v) is 20.7. The lowest BCUT2D eigenvalue weighted by Crippen LogP contribution is -2.25. The topological polar surface area (TPSA) is 32.3 Å². The normalized spacial score (nSPS) is 14.9. The molecule has 4 aliphatic carbocycles. The number of anilines is 6. The molecule has 70 heavy (non-hydrogen) atoms. The van der Waals surface area contributed by atoms with Gasteiger partial charge in [0.1, 0.15) is 0 Å². The zero-order chi connectivity index (χ0) is 45.3. The van der Waals surface area contributed by atoms with Crippen LogP contribution < -0.4 is 9.80 Å². The van der Waals surface area contributed by atoms with Gasteiger partial charge in [0.2, 0.25) is 0 Å². The minimum atomic E-state index is 0.899. The van der Waals surface area contributed by atoms with Gasteiger partial charge in [-0.1, -0.05) is 121 Å². The lowest BCUT2D eigenvalue weighted by molar-refractivity contribution is 0.960. The minimum absolute atomic E-state index is 0.899. The Kier molecular flexibility index (Phi) is 7.35. The van der Waals surface area contributed by atoms with Crippen LogP contribution in [0.1, 0.15) is 89.1 Å². The molecule has 4 aliphatic heterocycles. The van der Waals surface area contributed by atoms with Crippen molar-refractivity contribution in [3.8, 4) is 44.5 Å². The van der Waals surface area contributed by atoms with Gasteiger partial charge in [0.15, 0.2) is 0 Å². The number of rotatable bonds is 0. The van der Waals surface area contributed by atoms with Crippen molar-refractivity contribution in [1.29, 1.82) is 0 Å². The molecule has 18 rings (SSSR count). The standard InChI is InChI=1S/2C33H22N2/c1-3-7-25-19(5-1)15-27-26(25)11-9-21-14-22-10-12-30-28(32(22)31(21)27)16-24-18-34-17-23-13-20-6-2-4-8-29(20)35(30)33(23)24;1-3-7-24-19(5-1)17-26-25(24)11-9-21-16-22-10-12-30-27(32(22)31(21)26)18-28-33-23(13-14-34-28)15-20-6-2-4-8-29(20)35(30)33/h1-12,17-18H,13-16H2;1-14H,15-18H2. The zero-order valence-corrected chi connectivity index (χ0v) is 38.6. The van der Waals surface area contributed by atoms with Gasteiger partial charge in [-0.05, 0) is 184 Å². The van der Waals surface area contributed by atoms with Crippen LogP contribution in [0.25, 0.3) is 44.5 Å². The number of aromatic nitrogens is 2. The van der Waals surface area contributed by atoms with Crippen LogP contribution in [-0.4, -0.2) is 9.97 Å². The molecule has 328 valence electrons. The SMILES string of the molecule is c1ccc2c(c1)Cc1c-2ccc2c1-c1c(ccc3c1Cc1cncc4c1N3c1ccccc1C4)C2.c1ccc2c(c1)Cc1c-2ccc2c1-c1c(ccc3c1Cc1nccc4c1N3c1ccccc1C4)C2. The second-order valence-electron chi connectivity index (χ2n) is 20.7. The summed E-state index contributed by atoms with van der Waals surface area (Å²) in [6, 6.07) is 56.9. The Morgan fingerprint density at radius 2 is 0.729 bits per heavy atom. The third-order valence-electron chi connectivity index (χ3n) is 17.2. The highest BCUT2D eigenvalue weighted by molar-refractivity contribution is 5.99. The molecular formula is C66H44N4. The molecule has 6 heterocycles. The number of hydrogen-bond donors (Lipinski definition) is 0. The first-order valence-corrected chi connectivity index (χ1v) is 25.1. The number of para-hydroxylation sites is 2. The summed E-state index contributed by atoms with van der Waals surface area (Å²) in [5.41, 5.74) is 42.4. The van der Waals surface area contributed by atoms with Crippen molar-refractivity contribution in [2.75, 3.05) is 9.80 Å². The average molecular weight is 893 g/mol. The van der Waals surface area contributed by atoms with E-state index < -0.39 is 0 Å². The van der Waals surface area contributed by atoms with E-state index in [9.17, 15) is 0 Å². The van der Waals surface area contributed by atoms with Crippen LogP contribution in [0, 0.1) is 0 Å². The molecule has 4 heteroatoms. The Labute approximate surface area is 407 Å². The molecule has 0 radical (unpaired) electrons. The first-order chi connectivity index (χ1) is 34.7. The first kappa shape index (κ1) is 37.6. The Hall–Kier alpha value is -8.34. The van der Waals surface area contributed by atoms with Crippen LogP contribution in [-0.2, 0) is 51.4 Å². The number of nitrogens with zero attached hydrogens (tertiary/aromatic N) is 4. The van der Waals surface area contributed by atoms with Gasteiger partial charge in [-0.25, -0.2) is 0 Å². The van der Waals surface area contributed by atoms with Crippen molar-refractivity contribution in [2.24, 2.45) is 0 Å². The first-order valence-electron chi connectivity index (χ1n) is 25.1. The van der Waals surface area contributed by atoms with Gasteiger partial charge >= 0.3 is 0 Å². The fraction of sp³-hybridized carbons (Fsp3) is 0.121. The van der Waals surface area contributed by atoms with E-state index in [4.69, 9.17) is 4.98 Å². The molecule has 8 aliphatic rings. The van der Waals surface area contributed by atoms with E-state index in [2.05, 4.69) is 179 Å². The fourth-order valence-electron chi connectivity index (χ4n) is 14.4. The van der Waals surface area contributed by atoms with Gasteiger partial charge in [0.25, 0.3) is 0 Å². The number of hydrogen-bond acceptors (Lipinski definition) is 4. The molecule has 0 saturated heterocycles. The summed E-state index contributed by atoms with van der Waals surface area (Å²) < 4.78 is 0. The summed E-state index contributed by atoms with van der Waals surface area (Å²) >= 11 is 0. The molecule has 0 fully saturated rings. The van der Waals surface area contributed by atoms with E-state index >= 15 is 0 Å². The quantitative estimate of drug-likeness (QED) is 0.152. The predicted molar refractivity (Wildman–Crippen MR) is 282 cm³/mol. The van der Waals surface area contributed by atoms with E-state index in [1.165, 1.54) is 168 Å². The van der Waals surface area contributed by atoms with E-state index in [0.29, 0.717) is 0 Å². The smallest absolute Gasteiger partial charge is 0.0716 e. The second kappa shape index (κ2) is 13.7. The van der Waals surface area contributed by atoms with E-state index in [1.54, 1.807) is 0 Å². The van der Waals surface area contributed by atoms with Gasteiger partial charge in [-0.3, -0.25) is 9.97 Å². The van der Waals surface area contributed by atoms with Crippen molar-refractivity contribution >= 4 is 34.1 Å². The molecule has 8 aromatic carbocycles. The number of pyridine rings is 2. The van der Waals surface area contributed by atoms with Gasteiger partial charge in [-0.15, -0.1) is 0 Å². The maximum Gasteiger partial charge on any atom is 0.0716 e. The van der Waals surface area contributed by atoms with E-state index in [-0.39, 0.29) is 0 Å². The van der Waals surface area contributed by atoms with Gasteiger partial charge in [0.05, 0.1) is 28.4 Å². The van der Waals surface area contributed by atoms with Crippen LogP contribution in [0.2, 0.25) is 0 Å². The van der Waals surface area contributed by atoms with Gasteiger partial charge < -0.3 is 9.80 Å². The van der Waals surface area contributed by atoms with Crippen LogP contribution in [0.4, 0.5) is 34.1 Å². The lowest BCUT2D eigenvalue weighted by atomic mass is 9.84. The maximum absolute atomic E-state index is 4.93. The molecule has 0 N–H and O–H groups in total. The van der Waals surface area contributed by atoms with Crippen molar-refractivity contribution in [3.63, 3.8) is 0 Å². The molecule has 10 aromatic rings. The summed E-state index contributed by atoms with van der Waals surface area (Å²) in [5.74, 6) is 0. The predicted octanol–water partition coefficient (Wildman–Crippen LogP) is 15.0. The molecular weight excluding hydrogens is 849 g/mol. The van der Waals surface area contributed by atoms with Crippen molar-refractivity contribution < 1.29 is 0 Å². The van der Waals surface area contributed by atoms with Crippen molar-refractivity contribution in [1.82, 2.24) is 9.97 Å². The Bertz CT molecular complexity index is 3780. The van der Waals surface area contributed by atoms with E-state index in [0.717, 1.165) is 51.4 Å². The molecule has 2 aromatic heterocycles. The highest BCUT2D eigenvalue weighted by Gasteiger charge is 2.39. The number of fused-ring (bicyclic) bond motifs is 24. The Morgan fingerprint density at radius 1 is 0.286 bits per heavy atom. The molecule has 0 amide bonds. The van der Waals surface area contributed by atoms with Crippen molar-refractivity contribution in [2.45, 2.75) is 51.4 Å². The maximum atomic E-state index is 4.93. The highest BCUT2D eigenvalue weighted by Crippen LogP contribution is 2.58. The Balaban J connectivity index is 0.000000117. The summed E-state index contributed by atoms with van der Waals surface area (Å²) in [7, 11) is 0. The van der Waals surface area contributed by atoms with E-state index in [1.807, 2.05) is 6.20 Å². The van der Waals surface area contributed by atoms with Crippen LogP contribution in [0.15, 0.2) is 170 Å². The molecule has 0 saturated carbocycles. The molecule has 0 atom stereocenters. The van der Waals surface area contributed by atoms with Crippen LogP contribution in [0.5, 0.6) is 0 Å². The van der Waals surface area contributed by atoms with Gasteiger partial charge in [0, 0.05) is 55.6 Å². The summed E-state index contributed by atoms with van der Waals surface area (Å²) in [6.45, 7) is 0. The average Bonchev–Trinajstić information content (AvgIpc) is 4.19. The highest BCUT2D eigenvalue weighted by atomic mass is 15.2. The minimum Gasteiger partial charge on any atom is -0.309 e. The van der Waals surface area contributed by atoms with Crippen LogP contribution in [0.3, 0.4) is 0 Å². The van der Waals surface area contributed by atoms with Gasteiger partial charge in [-0.2, -0.15) is 0 Å².